The molecule has 0 saturated heterocycles. The van der Waals surface area contributed by atoms with Crippen molar-refractivity contribution in [1.82, 2.24) is 9.62 Å². The molecule has 0 spiro atoms. The predicted molar refractivity (Wildman–Crippen MR) is 91.2 cm³/mol. The van der Waals surface area contributed by atoms with Crippen LogP contribution in [0.15, 0.2) is 14.7 Å². The average molecular weight is 395 g/mol. The Morgan fingerprint density at radius 1 is 1.52 bits per heavy atom. The van der Waals surface area contributed by atoms with Crippen molar-refractivity contribution >= 4 is 37.3 Å². The highest BCUT2D eigenvalue weighted by Crippen LogP contribution is 2.34. The Balaban J connectivity index is 2.10. The Bertz CT molecular complexity index is 582. The summed E-state index contributed by atoms with van der Waals surface area (Å²) in [6.07, 6.45) is 3.44. The fraction of sp³-hybridized carbons (Fsp3) is 0.714. The number of sulfonamides is 1. The summed E-state index contributed by atoms with van der Waals surface area (Å²) >= 11 is 4.91. The molecular weight excluding hydrogens is 372 g/mol. The molecule has 1 aliphatic carbocycles. The van der Waals surface area contributed by atoms with E-state index in [9.17, 15) is 8.42 Å². The number of hydrogen-bond acceptors (Lipinski definition) is 4. The third-order valence-corrected chi connectivity index (χ3v) is 7.88. The van der Waals surface area contributed by atoms with Crippen molar-refractivity contribution in [1.29, 1.82) is 0 Å². The molecule has 7 heteroatoms. The summed E-state index contributed by atoms with van der Waals surface area (Å²) in [7, 11) is -1.75. The molecule has 21 heavy (non-hydrogen) atoms. The van der Waals surface area contributed by atoms with Gasteiger partial charge in [0.25, 0.3) is 0 Å². The van der Waals surface area contributed by atoms with Gasteiger partial charge in [0, 0.05) is 31.1 Å². The summed E-state index contributed by atoms with van der Waals surface area (Å²) in [5.74, 6) is 0.359. The van der Waals surface area contributed by atoms with Gasteiger partial charge in [-0.25, -0.2) is 12.7 Å². The van der Waals surface area contributed by atoms with E-state index in [0.29, 0.717) is 27.2 Å². The maximum Gasteiger partial charge on any atom is 0.244 e. The van der Waals surface area contributed by atoms with Gasteiger partial charge in [0.1, 0.15) is 4.90 Å². The minimum absolute atomic E-state index is 0.359. The average Bonchev–Trinajstić information content (AvgIpc) is 3.18. The van der Waals surface area contributed by atoms with E-state index in [2.05, 4.69) is 35.1 Å². The van der Waals surface area contributed by atoms with Crippen LogP contribution in [0, 0.1) is 5.92 Å². The summed E-state index contributed by atoms with van der Waals surface area (Å²) in [5, 5.41) is 3.42. The third kappa shape index (κ3) is 4.51. The standard InChI is InChI=1S/C14H23BrN2O2S2/c1-4-10(2)9-17(3)21(18,19)13-7-12(20-14(13)15)8-16-11-5-6-11/h7,10-11,16H,4-6,8-9H2,1-3H3. The SMILES string of the molecule is CCC(C)CN(C)S(=O)(=O)c1cc(CNC2CC2)sc1Br. The zero-order valence-corrected chi connectivity index (χ0v) is 15.9. The molecule has 0 bridgehead atoms. The first-order chi connectivity index (χ1) is 9.84. The highest BCUT2D eigenvalue weighted by molar-refractivity contribution is 9.11. The van der Waals surface area contributed by atoms with Crippen LogP contribution in [-0.2, 0) is 16.6 Å². The largest absolute Gasteiger partial charge is 0.309 e. The molecule has 2 rings (SSSR count). The molecule has 0 aromatic carbocycles. The molecule has 1 unspecified atom stereocenters. The first-order valence-corrected chi connectivity index (χ1v) is 10.4. The second-order valence-electron chi connectivity index (χ2n) is 5.80. The van der Waals surface area contributed by atoms with E-state index >= 15 is 0 Å². The van der Waals surface area contributed by atoms with Crippen LogP contribution in [0.5, 0.6) is 0 Å². The quantitative estimate of drug-likeness (QED) is 0.734. The normalized spacial score (nSPS) is 17.4. The Morgan fingerprint density at radius 2 is 2.19 bits per heavy atom. The number of halogens is 1. The van der Waals surface area contributed by atoms with Crippen molar-refractivity contribution < 1.29 is 8.42 Å². The molecule has 1 aromatic heterocycles. The van der Waals surface area contributed by atoms with Crippen molar-refractivity contribution in [3.05, 3.63) is 14.7 Å². The number of hydrogen-bond donors (Lipinski definition) is 1. The monoisotopic (exact) mass is 394 g/mol. The number of nitrogens with one attached hydrogen (secondary N) is 1. The molecule has 120 valence electrons. The minimum Gasteiger partial charge on any atom is -0.309 e. The number of thiophene rings is 1. The topological polar surface area (TPSA) is 49.4 Å². The maximum atomic E-state index is 12.7. The Morgan fingerprint density at radius 3 is 2.76 bits per heavy atom. The van der Waals surface area contributed by atoms with Crippen LogP contribution in [0.1, 0.15) is 38.0 Å². The molecular formula is C14H23BrN2O2S2. The fourth-order valence-corrected chi connectivity index (χ4v) is 5.90. The molecule has 1 aromatic rings. The molecule has 1 fully saturated rings. The van der Waals surface area contributed by atoms with Gasteiger partial charge < -0.3 is 5.32 Å². The molecule has 1 saturated carbocycles. The lowest BCUT2D eigenvalue weighted by Crippen LogP contribution is -2.31. The zero-order chi connectivity index (χ0) is 15.6. The molecule has 1 aliphatic rings. The van der Waals surface area contributed by atoms with Crippen molar-refractivity contribution in [3.63, 3.8) is 0 Å². The van der Waals surface area contributed by atoms with Gasteiger partial charge in [-0.05, 0) is 40.8 Å². The van der Waals surface area contributed by atoms with Crippen LogP contribution >= 0.6 is 27.3 Å². The Kier molecular flexibility index (Phi) is 5.87. The van der Waals surface area contributed by atoms with Crippen molar-refractivity contribution in [2.24, 2.45) is 5.92 Å². The highest BCUT2D eigenvalue weighted by atomic mass is 79.9. The third-order valence-electron chi connectivity index (χ3n) is 3.80. The lowest BCUT2D eigenvalue weighted by molar-refractivity contribution is 0.393. The van der Waals surface area contributed by atoms with Gasteiger partial charge in [0.2, 0.25) is 10.0 Å². The Hall–Kier alpha value is 0.0500. The summed E-state index contributed by atoms with van der Waals surface area (Å²) in [6.45, 7) is 5.45. The molecule has 0 aliphatic heterocycles. The van der Waals surface area contributed by atoms with Crippen molar-refractivity contribution in [2.45, 2.75) is 50.6 Å². The van der Waals surface area contributed by atoms with E-state index in [1.54, 1.807) is 13.1 Å². The summed E-state index contributed by atoms with van der Waals surface area (Å²) in [6, 6.07) is 2.42. The van der Waals surface area contributed by atoms with Crippen molar-refractivity contribution in [2.75, 3.05) is 13.6 Å². The minimum atomic E-state index is -3.41. The predicted octanol–water partition coefficient (Wildman–Crippen LogP) is 3.43. The summed E-state index contributed by atoms with van der Waals surface area (Å²) in [5.41, 5.74) is 0. The van der Waals surface area contributed by atoms with Crippen molar-refractivity contribution in [3.8, 4) is 0 Å². The van der Waals surface area contributed by atoms with Crippen LogP contribution in [0.25, 0.3) is 0 Å². The zero-order valence-electron chi connectivity index (χ0n) is 12.7. The van der Waals surface area contributed by atoms with Crippen LogP contribution in [-0.4, -0.2) is 32.4 Å². The van der Waals surface area contributed by atoms with Crippen LogP contribution in [0.4, 0.5) is 0 Å². The molecule has 0 radical (unpaired) electrons. The fourth-order valence-electron chi connectivity index (χ4n) is 2.03. The first kappa shape index (κ1) is 17.4. The van der Waals surface area contributed by atoms with Gasteiger partial charge in [-0.2, -0.15) is 0 Å². The lowest BCUT2D eigenvalue weighted by atomic mass is 10.1. The number of rotatable bonds is 8. The maximum absolute atomic E-state index is 12.7. The van der Waals surface area contributed by atoms with Gasteiger partial charge in [0.05, 0.1) is 3.79 Å². The second kappa shape index (κ2) is 7.08. The first-order valence-electron chi connectivity index (χ1n) is 7.32. The smallest absolute Gasteiger partial charge is 0.244 e. The van der Waals surface area contributed by atoms with E-state index < -0.39 is 10.0 Å². The van der Waals surface area contributed by atoms with E-state index in [0.717, 1.165) is 17.8 Å². The van der Waals surface area contributed by atoms with E-state index in [1.165, 1.54) is 28.5 Å². The van der Waals surface area contributed by atoms with E-state index in [-0.39, 0.29) is 0 Å². The van der Waals surface area contributed by atoms with Crippen LogP contribution in [0.2, 0.25) is 0 Å². The van der Waals surface area contributed by atoms with Gasteiger partial charge in [-0.1, -0.05) is 20.3 Å². The van der Waals surface area contributed by atoms with Crippen LogP contribution < -0.4 is 5.32 Å². The Labute approximate surface area is 140 Å². The van der Waals surface area contributed by atoms with Gasteiger partial charge >= 0.3 is 0 Å². The summed E-state index contributed by atoms with van der Waals surface area (Å²) in [4.78, 5) is 1.45. The highest BCUT2D eigenvalue weighted by Gasteiger charge is 2.27. The molecule has 0 amide bonds. The molecule has 4 nitrogen and oxygen atoms in total. The molecule has 1 N–H and O–H groups in total. The second-order valence-corrected chi connectivity index (χ2v) is 10.3. The number of nitrogens with zero attached hydrogens (tertiary/aromatic N) is 1. The molecule has 1 atom stereocenters. The van der Waals surface area contributed by atoms with Gasteiger partial charge in [-0.3, -0.25) is 0 Å². The van der Waals surface area contributed by atoms with E-state index in [4.69, 9.17) is 0 Å². The summed E-state index contributed by atoms with van der Waals surface area (Å²) < 4.78 is 27.5. The lowest BCUT2D eigenvalue weighted by Gasteiger charge is -2.20. The van der Waals surface area contributed by atoms with E-state index in [1.807, 2.05) is 0 Å². The van der Waals surface area contributed by atoms with Gasteiger partial charge in [-0.15, -0.1) is 11.3 Å². The van der Waals surface area contributed by atoms with Crippen LogP contribution in [0.3, 0.4) is 0 Å². The van der Waals surface area contributed by atoms with Gasteiger partial charge in [0.15, 0.2) is 0 Å². The molecule has 1 heterocycles.